The largest absolute Gasteiger partial charge is 0.443 e. The molecule has 1 fully saturated rings. The Hall–Kier alpha value is -3.29. The molecule has 0 N–H and O–H groups in total. The highest BCUT2D eigenvalue weighted by molar-refractivity contribution is 5.76. The van der Waals surface area contributed by atoms with E-state index >= 15 is 0 Å². The molecule has 162 valence electrons. The second-order valence-electron chi connectivity index (χ2n) is 7.97. The third kappa shape index (κ3) is 4.73. The first-order valence-corrected chi connectivity index (χ1v) is 10.4. The SMILES string of the molecule is Cc1cc(C)n(CC(=O)N2CCCC[C@@H]2c2ncc(Cc3ccc(F)cc3)o2)c(=O)n1. The monoisotopic (exact) mass is 424 g/mol. The van der Waals surface area contributed by atoms with Crippen LogP contribution in [0, 0.1) is 19.7 Å². The summed E-state index contributed by atoms with van der Waals surface area (Å²) >= 11 is 0. The van der Waals surface area contributed by atoms with Crippen molar-refractivity contribution < 1.29 is 13.6 Å². The van der Waals surface area contributed by atoms with Crippen LogP contribution in [0.15, 0.2) is 45.7 Å². The number of rotatable bonds is 5. The van der Waals surface area contributed by atoms with Crippen molar-refractivity contribution in [3.8, 4) is 0 Å². The van der Waals surface area contributed by atoms with Gasteiger partial charge in [-0.15, -0.1) is 0 Å². The summed E-state index contributed by atoms with van der Waals surface area (Å²) in [6.07, 6.45) is 4.77. The Morgan fingerprint density at radius 3 is 2.74 bits per heavy atom. The van der Waals surface area contributed by atoms with Crippen LogP contribution in [0.25, 0.3) is 0 Å². The van der Waals surface area contributed by atoms with Crippen molar-refractivity contribution in [2.75, 3.05) is 6.54 Å². The molecule has 0 saturated carbocycles. The Kier molecular flexibility index (Phi) is 5.97. The lowest BCUT2D eigenvalue weighted by Crippen LogP contribution is -2.42. The van der Waals surface area contributed by atoms with Crippen molar-refractivity contribution >= 4 is 5.91 Å². The molecule has 1 atom stereocenters. The fourth-order valence-corrected chi connectivity index (χ4v) is 4.04. The fraction of sp³-hybridized carbons (Fsp3) is 0.391. The van der Waals surface area contributed by atoms with Crippen LogP contribution in [0.5, 0.6) is 0 Å². The summed E-state index contributed by atoms with van der Waals surface area (Å²) in [4.78, 5) is 35.5. The van der Waals surface area contributed by atoms with Crippen molar-refractivity contribution in [1.82, 2.24) is 19.4 Å². The van der Waals surface area contributed by atoms with Crippen molar-refractivity contribution in [1.29, 1.82) is 0 Å². The van der Waals surface area contributed by atoms with Crippen LogP contribution in [-0.2, 0) is 17.8 Å². The van der Waals surface area contributed by atoms with Gasteiger partial charge in [0.2, 0.25) is 11.8 Å². The number of amides is 1. The van der Waals surface area contributed by atoms with Crippen molar-refractivity contribution in [2.45, 2.75) is 52.1 Å². The number of aryl methyl sites for hydroxylation is 2. The zero-order valence-electron chi connectivity index (χ0n) is 17.7. The Balaban J connectivity index is 1.51. The average Bonchev–Trinajstić information content (AvgIpc) is 3.20. The standard InChI is InChI=1S/C23H25FN4O3/c1-15-11-16(2)28(23(30)26-15)14-21(29)27-10-4-3-5-20(27)22-25-13-19(31-22)12-17-6-8-18(24)9-7-17/h6-9,11,13,20H,3-5,10,12,14H2,1-2H3/t20-/m1/s1. The zero-order valence-corrected chi connectivity index (χ0v) is 17.7. The van der Waals surface area contributed by atoms with Gasteiger partial charge in [-0.3, -0.25) is 9.36 Å². The van der Waals surface area contributed by atoms with Gasteiger partial charge in [0.1, 0.15) is 24.2 Å². The number of hydrogen-bond donors (Lipinski definition) is 0. The molecule has 1 aliphatic heterocycles. The van der Waals surface area contributed by atoms with Crippen LogP contribution in [-0.4, -0.2) is 31.9 Å². The first kappa shape index (κ1) is 21.0. The molecule has 3 heterocycles. The van der Waals surface area contributed by atoms with E-state index in [-0.39, 0.29) is 24.3 Å². The average molecular weight is 424 g/mol. The Bertz CT molecular complexity index is 1140. The molecule has 0 bridgehead atoms. The van der Waals surface area contributed by atoms with E-state index in [2.05, 4.69) is 9.97 Å². The Morgan fingerprint density at radius 1 is 1.23 bits per heavy atom. The first-order chi connectivity index (χ1) is 14.9. The van der Waals surface area contributed by atoms with E-state index in [0.29, 0.717) is 36.0 Å². The number of benzene rings is 1. The van der Waals surface area contributed by atoms with Crippen LogP contribution in [0.4, 0.5) is 4.39 Å². The minimum Gasteiger partial charge on any atom is -0.443 e. The maximum Gasteiger partial charge on any atom is 0.348 e. The van der Waals surface area contributed by atoms with Gasteiger partial charge in [-0.25, -0.2) is 14.2 Å². The van der Waals surface area contributed by atoms with E-state index in [1.54, 1.807) is 43.1 Å². The van der Waals surface area contributed by atoms with Crippen LogP contribution >= 0.6 is 0 Å². The highest BCUT2D eigenvalue weighted by atomic mass is 19.1. The highest BCUT2D eigenvalue weighted by Gasteiger charge is 2.31. The molecule has 0 aliphatic carbocycles. The predicted octanol–water partition coefficient (Wildman–Crippen LogP) is 3.33. The molecule has 4 rings (SSSR count). The molecule has 1 aromatic carbocycles. The number of piperidine rings is 1. The van der Waals surface area contributed by atoms with Crippen molar-refractivity contribution in [2.24, 2.45) is 0 Å². The van der Waals surface area contributed by atoms with Gasteiger partial charge >= 0.3 is 5.69 Å². The Morgan fingerprint density at radius 2 is 2.00 bits per heavy atom. The number of carbonyl (C=O) groups excluding carboxylic acids is 1. The van der Waals surface area contributed by atoms with Gasteiger partial charge in [0, 0.05) is 24.4 Å². The van der Waals surface area contributed by atoms with Crippen LogP contribution in [0.2, 0.25) is 0 Å². The summed E-state index contributed by atoms with van der Waals surface area (Å²) in [5, 5.41) is 0. The predicted molar refractivity (Wildman–Crippen MR) is 112 cm³/mol. The third-order valence-electron chi connectivity index (χ3n) is 5.61. The molecule has 7 nitrogen and oxygen atoms in total. The van der Waals surface area contributed by atoms with E-state index in [0.717, 1.165) is 24.8 Å². The second-order valence-corrected chi connectivity index (χ2v) is 7.97. The van der Waals surface area contributed by atoms with Gasteiger partial charge in [0.25, 0.3) is 0 Å². The molecule has 31 heavy (non-hydrogen) atoms. The minimum atomic E-state index is -0.419. The highest BCUT2D eigenvalue weighted by Crippen LogP contribution is 2.31. The number of likely N-dealkylation sites (tertiary alicyclic amines) is 1. The number of halogens is 1. The molecular formula is C23H25FN4O3. The number of nitrogens with zero attached hydrogens (tertiary/aromatic N) is 4. The normalized spacial score (nSPS) is 16.5. The lowest BCUT2D eigenvalue weighted by Gasteiger charge is -2.34. The minimum absolute atomic E-state index is 0.0579. The smallest absolute Gasteiger partial charge is 0.348 e. The summed E-state index contributed by atoms with van der Waals surface area (Å²) in [5.41, 5.74) is 1.84. The quantitative estimate of drug-likeness (QED) is 0.628. The molecule has 0 radical (unpaired) electrons. The Labute approximate surface area is 179 Å². The number of hydrogen-bond acceptors (Lipinski definition) is 5. The molecule has 3 aromatic rings. The molecule has 8 heteroatoms. The molecule has 1 amide bonds. The van der Waals surface area contributed by atoms with E-state index in [4.69, 9.17) is 4.42 Å². The van der Waals surface area contributed by atoms with Crippen LogP contribution in [0.3, 0.4) is 0 Å². The fourth-order valence-electron chi connectivity index (χ4n) is 4.04. The summed E-state index contributed by atoms with van der Waals surface area (Å²) < 4.78 is 20.5. The first-order valence-electron chi connectivity index (χ1n) is 10.4. The zero-order chi connectivity index (χ0) is 22.0. The lowest BCUT2D eigenvalue weighted by molar-refractivity contribution is -0.136. The van der Waals surface area contributed by atoms with Gasteiger partial charge in [-0.2, -0.15) is 4.98 Å². The second kappa shape index (κ2) is 8.83. The van der Waals surface area contributed by atoms with Gasteiger partial charge in [-0.05, 0) is 56.9 Å². The number of oxazole rings is 1. The van der Waals surface area contributed by atoms with E-state index in [9.17, 15) is 14.0 Å². The molecule has 1 saturated heterocycles. The molecule has 2 aromatic heterocycles. The summed E-state index contributed by atoms with van der Waals surface area (Å²) in [6.45, 7) is 4.09. The number of aromatic nitrogens is 3. The molecule has 0 unspecified atom stereocenters. The maximum atomic E-state index is 13.1. The lowest BCUT2D eigenvalue weighted by atomic mass is 10.0. The van der Waals surface area contributed by atoms with E-state index < -0.39 is 5.69 Å². The van der Waals surface area contributed by atoms with Gasteiger partial charge < -0.3 is 9.32 Å². The van der Waals surface area contributed by atoms with Crippen molar-refractivity contribution in [3.05, 3.63) is 81.4 Å². The van der Waals surface area contributed by atoms with E-state index in [1.807, 2.05) is 0 Å². The molecule has 0 spiro atoms. The molecular weight excluding hydrogens is 399 g/mol. The summed E-state index contributed by atoms with van der Waals surface area (Å²) in [7, 11) is 0. The van der Waals surface area contributed by atoms with Crippen LogP contribution < -0.4 is 5.69 Å². The third-order valence-corrected chi connectivity index (χ3v) is 5.61. The number of carbonyl (C=O) groups is 1. The summed E-state index contributed by atoms with van der Waals surface area (Å²) in [6, 6.07) is 7.78. The van der Waals surface area contributed by atoms with Gasteiger partial charge in [0.05, 0.1) is 6.20 Å². The summed E-state index contributed by atoms with van der Waals surface area (Å²) in [5.74, 6) is 0.723. The topological polar surface area (TPSA) is 81.2 Å². The van der Waals surface area contributed by atoms with Crippen molar-refractivity contribution in [3.63, 3.8) is 0 Å². The maximum absolute atomic E-state index is 13.1. The van der Waals surface area contributed by atoms with Gasteiger partial charge in [0.15, 0.2) is 0 Å². The van der Waals surface area contributed by atoms with E-state index in [1.165, 1.54) is 16.7 Å². The molecule has 1 aliphatic rings. The van der Waals surface area contributed by atoms with Gasteiger partial charge in [-0.1, -0.05) is 12.1 Å². The van der Waals surface area contributed by atoms with Crippen LogP contribution in [0.1, 0.15) is 53.9 Å².